The maximum atomic E-state index is 12.1. The standard InChI is InChI=1S/C12H15NO5S2/c1-4-5-8(2)11(14)13-20(16,17)9-6-7-19-10(9)12(15)18-3/h5-7H,4H2,1-3H3,(H,13,14). The van der Waals surface area contributed by atoms with Crippen LogP contribution in [0.4, 0.5) is 0 Å². The number of carbonyl (C=O) groups is 2. The number of amides is 1. The second-order valence-electron chi connectivity index (χ2n) is 3.84. The number of ether oxygens (including phenoxy) is 1. The maximum absolute atomic E-state index is 12.1. The molecule has 1 heterocycles. The van der Waals surface area contributed by atoms with E-state index in [1.165, 1.54) is 18.4 Å². The van der Waals surface area contributed by atoms with Gasteiger partial charge < -0.3 is 4.74 Å². The normalized spacial score (nSPS) is 12.1. The van der Waals surface area contributed by atoms with Gasteiger partial charge in [0.15, 0.2) is 0 Å². The van der Waals surface area contributed by atoms with Crippen molar-refractivity contribution >= 4 is 33.2 Å². The highest BCUT2D eigenvalue weighted by Gasteiger charge is 2.26. The van der Waals surface area contributed by atoms with E-state index in [1.807, 2.05) is 11.6 Å². The molecule has 0 aliphatic rings. The number of hydrogen-bond donors (Lipinski definition) is 1. The molecule has 0 saturated carbocycles. The topological polar surface area (TPSA) is 89.5 Å². The average Bonchev–Trinajstić information content (AvgIpc) is 2.87. The van der Waals surface area contributed by atoms with Crippen LogP contribution in [0.1, 0.15) is 29.9 Å². The highest BCUT2D eigenvalue weighted by Crippen LogP contribution is 2.22. The molecule has 20 heavy (non-hydrogen) atoms. The summed E-state index contributed by atoms with van der Waals surface area (Å²) in [5.74, 6) is -1.47. The maximum Gasteiger partial charge on any atom is 0.349 e. The monoisotopic (exact) mass is 317 g/mol. The number of nitrogens with one attached hydrogen (secondary N) is 1. The second kappa shape index (κ2) is 6.67. The molecule has 8 heteroatoms. The summed E-state index contributed by atoms with van der Waals surface area (Å²) in [5, 5.41) is 1.44. The third-order valence-electron chi connectivity index (χ3n) is 2.38. The molecule has 0 fully saturated rings. The van der Waals surface area contributed by atoms with Crippen LogP contribution in [0, 0.1) is 0 Å². The van der Waals surface area contributed by atoms with Crippen LogP contribution in [-0.4, -0.2) is 27.4 Å². The predicted octanol–water partition coefficient (Wildman–Crippen LogP) is 1.70. The summed E-state index contributed by atoms with van der Waals surface area (Å²) < 4.78 is 30.6. The molecule has 0 aliphatic heterocycles. The Kier molecular flexibility index (Phi) is 5.46. The average molecular weight is 317 g/mol. The zero-order chi connectivity index (χ0) is 15.3. The van der Waals surface area contributed by atoms with Gasteiger partial charge in [-0.2, -0.15) is 0 Å². The van der Waals surface area contributed by atoms with E-state index in [1.54, 1.807) is 6.08 Å². The zero-order valence-corrected chi connectivity index (χ0v) is 12.9. The Balaban J connectivity index is 3.07. The van der Waals surface area contributed by atoms with Crippen LogP contribution >= 0.6 is 11.3 Å². The largest absolute Gasteiger partial charge is 0.465 e. The van der Waals surface area contributed by atoms with E-state index < -0.39 is 21.9 Å². The minimum Gasteiger partial charge on any atom is -0.465 e. The van der Waals surface area contributed by atoms with Gasteiger partial charge >= 0.3 is 5.97 Å². The van der Waals surface area contributed by atoms with Crippen molar-refractivity contribution in [3.05, 3.63) is 28.0 Å². The number of allylic oxidation sites excluding steroid dienone is 1. The molecule has 1 aromatic rings. The van der Waals surface area contributed by atoms with Crippen molar-refractivity contribution < 1.29 is 22.7 Å². The summed E-state index contributed by atoms with van der Waals surface area (Å²) >= 11 is 0.935. The van der Waals surface area contributed by atoms with Gasteiger partial charge in [-0.15, -0.1) is 11.3 Å². The van der Waals surface area contributed by atoms with Gasteiger partial charge in [0.1, 0.15) is 9.77 Å². The first-order valence-electron chi connectivity index (χ1n) is 5.73. The van der Waals surface area contributed by atoms with Crippen molar-refractivity contribution in [3.63, 3.8) is 0 Å². The van der Waals surface area contributed by atoms with Crippen molar-refractivity contribution in [2.45, 2.75) is 25.2 Å². The smallest absolute Gasteiger partial charge is 0.349 e. The molecular weight excluding hydrogens is 302 g/mol. The summed E-state index contributed by atoms with van der Waals surface area (Å²) in [7, 11) is -2.94. The molecule has 0 bridgehead atoms. The van der Waals surface area contributed by atoms with Crippen LogP contribution in [0.5, 0.6) is 0 Å². The quantitative estimate of drug-likeness (QED) is 0.659. The molecule has 0 radical (unpaired) electrons. The molecule has 1 rings (SSSR count). The molecule has 110 valence electrons. The molecular formula is C12H15NO5S2. The van der Waals surface area contributed by atoms with E-state index >= 15 is 0 Å². The molecule has 6 nitrogen and oxygen atoms in total. The number of methoxy groups -OCH3 is 1. The Hall–Kier alpha value is -1.67. The van der Waals surface area contributed by atoms with Gasteiger partial charge in [0.25, 0.3) is 15.9 Å². The molecule has 1 amide bonds. The molecule has 0 aliphatic carbocycles. The van der Waals surface area contributed by atoms with Gasteiger partial charge in [0.2, 0.25) is 0 Å². The highest BCUT2D eigenvalue weighted by atomic mass is 32.2. The number of carbonyl (C=O) groups excluding carboxylic acids is 2. The molecule has 0 aromatic carbocycles. The van der Waals surface area contributed by atoms with Gasteiger partial charge in [-0.05, 0) is 24.8 Å². The molecule has 0 atom stereocenters. The SMILES string of the molecule is CCC=C(C)C(=O)NS(=O)(=O)c1ccsc1C(=O)OC. The molecule has 0 unspecified atom stereocenters. The summed E-state index contributed by atoms with van der Waals surface area (Å²) in [6.45, 7) is 3.35. The summed E-state index contributed by atoms with van der Waals surface area (Å²) in [6.07, 6.45) is 2.23. The molecule has 1 aromatic heterocycles. The number of esters is 1. The van der Waals surface area contributed by atoms with Crippen LogP contribution in [-0.2, 0) is 19.6 Å². The van der Waals surface area contributed by atoms with Crippen molar-refractivity contribution in [2.24, 2.45) is 0 Å². The fourth-order valence-electron chi connectivity index (χ4n) is 1.41. The Bertz CT molecular complexity index is 643. The van der Waals surface area contributed by atoms with Crippen LogP contribution < -0.4 is 4.72 Å². The van der Waals surface area contributed by atoms with E-state index in [9.17, 15) is 18.0 Å². The minimum absolute atomic E-state index is 0.0649. The van der Waals surface area contributed by atoms with Crippen molar-refractivity contribution in [2.75, 3.05) is 7.11 Å². The molecule has 0 saturated heterocycles. The first-order valence-corrected chi connectivity index (χ1v) is 8.09. The van der Waals surface area contributed by atoms with Gasteiger partial charge in [-0.25, -0.2) is 17.9 Å². The van der Waals surface area contributed by atoms with Crippen LogP contribution in [0.2, 0.25) is 0 Å². The Morgan fingerprint density at radius 1 is 1.45 bits per heavy atom. The van der Waals surface area contributed by atoms with E-state index in [2.05, 4.69) is 4.74 Å². The lowest BCUT2D eigenvalue weighted by Crippen LogP contribution is -2.31. The van der Waals surface area contributed by atoms with Gasteiger partial charge in [-0.3, -0.25) is 4.79 Å². The van der Waals surface area contributed by atoms with Gasteiger partial charge in [0.05, 0.1) is 7.11 Å². The summed E-state index contributed by atoms with van der Waals surface area (Å²) in [5.41, 5.74) is 0.297. The van der Waals surface area contributed by atoms with Crippen molar-refractivity contribution in [3.8, 4) is 0 Å². The predicted molar refractivity (Wildman–Crippen MR) is 75.0 cm³/mol. The zero-order valence-electron chi connectivity index (χ0n) is 11.3. The highest BCUT2D eigenvalue weighted by molar-refractivity contribution is 7.90. The Labute approximate surface area is 121 Å². The summed E-state index contributed by atoms with van der Waals surface area (Å²) in [4.78, 5) is 22.9. The van der Waals surface area contributed by atoms with E-state index in [4.69, 9.17) is 0 Å². The number of hydrogen-bond acceptors (Lipinski definition) is 6. The Morgan fingerprint density at radius 2 is 2.10 bits per heavy atom. The summed E-state index contributed by atoms with van der Waals surface area (Å²) in [6, 6.07) is 1.26. The number of thiophene rings is 1. The van der Waals surface area contributed by atoms with E-state index in [0.717, 1.165) is 18.4 Å². The van der Waals surface area contributed by atoms with Crippen LogP contribution in [0.3, 0.4) is 0 Å². The fraction of sp³-hybridized carbons (Fsp3) is 0.333. The lowest BCUT2D eigenvalue weighted by Gasteiger charge is -2.07. The van der Waals surface area contributed by atoms with E-state index in [-0.39, 0.29) is 9.77 Å². The lowest BCUT2D eigenvalue weighted by atomic mass is 10.2. The van der Waals surface area contributed by atoms with E-state index in [0.29, 0.717) is 12.0 Å². The first-order chi connectivity index (χ1) is 9.33. The lowest BCUT2D eigenvalue weighted by molar-refractivity contribution is -0.115. The van der Waals surface area contributed by atoms with Crippen LogP contribution in [0.25, 0.3) is 0 Å². The number of rotatable bonds is 5. The first kappa shape index (κ1) is 16.4. The van der Waals surface area contributed by atoms with Crippen molar-refractivity contribution in [1.82, 2.24) is 4.72 Å². The third kappa shape index (κ3) is 3.67. The van der Waals surface area contributed by atoms with Crippen molar-refractivity contribution in [1.29, 1.82) is 0 Å². The third-order valence-corrected chi connectivity index (χ3v) is 4.78. The van der Waals surface area contributed by atoms with Crippen LogP contribution in [0.15, 0.2) is 28.0 Å². The van der Waals surface area contributed by atoms with Gasteiger partial charge in [-0.1, -0.05) is 13.0 Å². The minimum atomic E-state index is -4.10. The Morgan fingerprint density at radius 3 is 2.65 bits per heavy atom. The molecule has 0 spiro atoms. The number of sulfonamides is 1. The molecule has 1 N–H and O–H groups in total. The second-order valence-corrected chi connectivity index (χ2v) is 6.40. The fourth-order valence-corrected chi connectivity index (χ4v) is 3.76. The van der Waals surface area contributed by atoms with Gasteiger partial charge in [0, 0.05) is 5.57 Å².